The van der Waals surface area contributed by atoms with Crippen molar-refractivity contribution in [2.24, 2.45) is 11.8 Å². The molecule has 3 fully saturated rings. The summed E-state index contributed by atoms with van der Waals surface area (Å²) in [6.45, 7) is 3.57. The molecule has 24 heavy (non-hydrogen) atoms. The number of nitrogens with zero attached hydrogens (tertiary/aromatic N) is 2. The highest BCUT2D eigenvalue weighted by molar-refractivity contribution is 7.16. The van der Waals surface area contributed by atoms with Crippen molar-refractivity contribution in [3.63, 3.8) is 0 Å². The van der Waals surface area contributed by atoms with Crippen LogP contribution in [-0.4, -0.2) is 39.2 Å². The van der Waals surface area contributed by atoms with Gasteiger partial charge in [0.25, 0.3) is 0 Å². The molecule has 5 rings (SSSR count). The van der Waals surface area contributed by atoms with Crippen LogP contribution in [0.15, 0.2) is 23.7 Å². The first kappa shape index (κ1) is 14.5. The van der Waals surface area contributed by atoms with Gasteiger partial charge in [-0.3, -0.25) is 9.59 Å². The first-order valence-electron chi connectivity index (χ1n) is 7.94. The first-order valence-corrected chi connectivity index (χ1v) is 8.82. The van der Waals surface area contributed by atoms with Crippen molar-refractivity contribution in [3.05, 3.63) is 23.7 Å². The van der Waals surface area contributed by atoms with Crippen molar-refractivity contribution < 1.29 is 19.4 Å². The van der Waals surface area contributed by atoms with E-state index in [1.165, 1.54) is 16.2 Å². The summed E-state index contributed by atoms with van der Waals surface area (Å²) in [4.78, 5) is 31.6. The third-order valence-electron chi connectivity index (χ3n) is 5.87. The molecular weight excluding hydrogens is 328 g/mol. The lowest BCUT2D eigenvalue weighted by molar-refractivity contribution is -0.132. The highest BCUT2D eigenvalue weighted by Gasteiger charge is 2.75. The number of carbonyl (C=O) groups is 2. The molecule has 3 saturated heterocycles. The molecule has 1 aromatic carbocycles. The molecule has 3 aliphatic heterocycles. The normalized spacial score (nSPS) is 40.8. The van der Waals surface area contributed by atoms with Gasteiger partial charge in [-0.2, -0.15) is 0 Å². The molecule has 1 N–H and O–H groups in total. The molecule has 3 aliphatic rings. The summed E-state index contributed by atoms with van der Waals surface area (Å²) in [5.41, 5.74) is 1.38. The van der Waals surface area contributed by atoms with Crippen molar-refractivity contribution in [1.82, 2.24) is 4.98 Å². The molecule has 0 saturated carbocycles. The number of ether oxygens (including phenoxy) is 1. The molecule has 0 radical (unpaired) electrons. The van der Waals surface area contributed by atoms with E-state index in [4.69, 9.17) is 4.74 Å². The van der Waals surface area contributed by atoms with Gasteiger partial charge < -0.3 is 9.84 Å². The van der Waals surface area contributed by atoms with Gasteiger partial charge in [-0.1, -0.05) is 0 Å². The maximum absolute atomic E-state index is 13.1. The number of thiazole rings is 1. The van der Waals surface area contributed by atoms with Crippen LogP contribution in [0.1, 0.15) is 20.3 Å². The molecule has 4 heterocycles. The Morgan fingerprint density at radius 1 is 1.29 bits per heavy atom. The van der Waals surface area contributed by atoms with Crippen LogP contribution in [0.5, 0.6) is 0 Å². The minimum atomic E-state index is -0.991. The van der Waals surface area contributed by atoms with E-state index in [1.54, 1.807) is 18.5 Å². The zero-order valence-corrected chi connectivity index (χ0v) is 14.0. The minimum absolute atomic E-state index is 0.230. The van der Waals surface area contributed by atoms with E-state index in [-0.39, 0.29) is 11.8 Å². The van der Waals surface area contributed by atoms with Gasteiger partial charge in [-0.25, -0.2) is 9.88 Å². The largest absolute Gasteiger partial charge is 0.390 e. The van der Waals surface area contributed by atoms with Gasteiger partial charge in [-0.15, -0.1) is 11.3 Å². The van der Waals surface area contributed by atoms with Crippen LogP contribution in [0.3, 0.4) is 0 Å². The van der Waals surface area contributed by atoms with E-state index in [2.05, 4.69) is 4.98 Å². The van der Waals surface area contributed by atoms with Crippen molar-refractivity contribution in [1.29, 1.82) is 0 Å². The Kier molecular flexibility index (Phi) is 2.55. The number of aliphatic hydroxyl groups is 1. The van der Waals surface area contributed by atoms with Crippen LogP contribution in [0.2, 0.25) is 0 Å². The Morgan fingerprint density at radius 2 is 2.04 bits per heavy atom. The number of carbonyl (C=O) groups excluding carboxylic acids is 2. The van der Waals surface area contributed by atoms with Gasteiger partial charge in [0.15, 0.2) is 0 Å². The van der Waals surface area contributed by atoms with Crippen molar-refractivity contribution in [3.8, 4) is 0 Å². The topological polar surface area (TPSA) is 79.7 Å². The number of aliphatic hydroxyl groups excluding tert-OH is 1. The second kappa shape index (κ2) is 4.22. The smallest absolute Gasteiger partial charge is 0.240 e. The molecule has 0 aliphatic carbocycles. The van der Waals surface area contributed by atoms with Crippen LogP contribution >= 0.6 is 11.3 Å². The Balaban J connectivity index is 1.63. The van der Waals surface area contributed by atoms with Crippen molar-refractivity contribution in [2.75, 3.05) is 4.90 Å². The highest BCUT2D eigenvalue weighted by atomic mass is 32.1. The summed E-state index contributed by atoms with van der Waals surface area (Å²) in [7, 11) is 0. The Labute approximate surface area is 142 Å². The standard InChI is InChI=1S/C17H16N2O4S/c1-16-6-11(20)17(2,23-16)13-12(16)14(21)19(15(13)22)8-3-4-9-10(5-8)24-7-18-9/h3-5,7,11-13,20H,6H2,1-2H3. The Hall–Kier alpha value is -1.83. The maximum atomic E-state index is 13.1. The number of aromatic nitrogens is 1. The van der Waals surface area contributed by atoms with Gasteiger partial charge in [-0.05, 0) is 32.0 Å². The lowest BCUT2D eigenvalue weighted by atomic mass is 9.67. The molecule has 5 unspecified atom stereocenters. The van der Waals surface area contributed by atoms with Gasteiger partial charge in [0.1, 0.15) is 5.60 Å². The monoisotopic (exact) mass is 344 g/mol. The molecule has 0 spiro atoms. The molecule has 2 aromatic rings. The number of amides is 2. The molecule has 124 valence electrons. The second-order valence-electron chi connectivity index (χ2n) is 7.29. The maximum Gasteiger partial charge on any atom is 0.240 e. The van der Waals surface area contributed by atoms with Crippen LogP contribution in [0, 0.1) is 11.8 Å². The van der Waals surface area contributed by atoms with E-state index in [0.29, 0.717) is 12.1 Å². The highest BCUT2D eigenvalue weighted by Crippen LogP contribution is 2.61. The third kappa shape index (κ3) is 1.51. The molecule has 7 heteroatoms. The Bertz CT molecular complexity index is 911. The lowest BCUT2D eigenvalue weighted by Crippen LogP contribution is -2.49. The molecule has 2 amide bonds. The number of imide groups is 1. The average Bonchev–Trinajstić information content (AvgIpc) is 3.19. The zero-order chi connectivity index (χ0) is 16.9. The van der Waals surface area contributed by atoms with Gasteiger partial charge in [0.05, 0.1) is 45.0 Å². The van der Waals surface area contributed by atoms with E-state index in [0.717, 1.165) is 10.2 Å². The van der Waals surface area contributed by atoms with Crippen LogP contribution in [0.25, 0.3) is 10.2 Å². The summed E-state index contributed by atoms with van der Waals surface area (Å²) in [5.74, 6) is -1.67. The van der Waals surface area contributed by atoms with E-state index in [9.17, 15) is 14.7 Å². The van der Waals surface area contributed by atoms with E-state index in [1.807, 2.05) is 19.1 Å². The first-order chi connectivity index (χ1) is 11.3. The molecular formula is C17H16N2O4S. The predicted molar refractivity (Wildman–Crippen MR) is 87.6 cm³/mol. The number of hydrogen-bond acceptors (Lipinski definition) is 6. The fourth-order valence-electron chi connectivity index (χ4n) is 4.76. The fraction of sp³-hybridized carbons (Fsp3) is 0.471. The summed E-state index contributed by atoms with van der Waals surface area (Å²) < 4.78 is 6.92. The average molecular weight is 344 g/mol. The Morgan fingerprint density at radius 3 is 2.83 bits per heavy atom. The summed E-state index contributed by atoms with van der Waals surface area (Å²) in [6, 6.07) is 5.40. The predicted octanol–water partition coefficient (Wildman–Crippen LogP) is 1.71. The molecule has 1 aromatic heterocycles. The number of fused-ring (bicyclic) bond motifs is 6. The SMILES string of the molecule is CC12CC(O)C(C)(O1)C1C(=O)N(c3ccc4ncsc4c3)C(=O)C12. The summed E-state index contributed by atoms with van der Waals surface area (Å²) >= 11 is 1.47. The lowest BCUT2D eigenvalue weighted by Gasteiger charge is -2.31. The molecule has 6 nitrogen and oxygen atoms in total. The molecule has 2 bridgehead atoms. The quantitative estimate of drug-likeness (QED) is 0.797. The number of rotatable bonds is 1. The summed E-state index contributed by atoms with van der Waals surface area (Å²) in [5, 5.41) is 10.4. The van der Waals surface area contributed by atoms with Crippen molar-refractivity contribution in [2.45, 2.75) is 37.6 Å². The number of hydrogen-bond donors (Lipinski definition) is 1. The third-order valence-corrected chi connectivity index (χ3v) is 6.66. The van der Waals surface area contributed by atoms with Crippen molar-refractivity contribution >= 4 is 39.1 Å². The van der Waals surface area contributed by atoms with Crippen LogP contribution < -0.4 is 4.90 Å². The van der Waals surface area contributed by atoms with Gasteiger partial charge >= 0.3 is 0 Å². The van der Waals surface area contributed by atoms with E-state index < -0.39 is 29.1 Å². The van der Waals surface area contributed by atoms with Gasteiger partial charge in [0.2, 0.25) is 11.8 Å². The zero-order valence-electron chi connectivity index (χ0n) is 13.2. The van der Waals surface area contributed by atoms with Crippen LogP contribution in [0.4, 0.5) is 5.69 Å². The number of anilines is 1. The molecule has 5 atom stereocenters. The number of benzene rings is 1. The fourth-order valence-corrected chi connectivity index (χ4v) is 5.47. The summed E-state index contributed by atoms with van der Waals surface area (Å²) in [6.07, 6.45) is -0.352. The minimum Gasteiger partial charge on any atom is -0.390 e. The van der Waals surface area contributed by atoms with Gasteiger partial charge in [0, 0.05) is 6.42 Å². The van der Waals surface area contributed by atoms with Crippen LogP contribution in [-0.2, 0) is 14.3 Å². The van der Waals surface area contributed by atoms with E-state index >= 15 is 0 Å². The second-order valence-corrected chi connectivity index (χ2v) is 8.18.